The third-order valence-electron chi connectivity index (χ3n) is 9.21. The van der Waals surface area contributed by atoms with Gasteiger partial charge in [0, 0.05) is 27.8 Å². The maximum Gasteiger partial charge on any atom is 0.139 e. The highest BCUT2D eigenvalue weighted by molar-refractivity contribution is 6.35. The summed E-state index contributed by atoms with van der Waals surface area (Å²) in [5, 5.41) is 32.7. The molecule has 4 nitrogen and oxygen atoms in total. The van der Waals surface area contributed by atoms with E-state index in [9.17, 15) is 15.3 Å². The van der Waals surface area contributed by atoms with Gasteiger partial charge in [0.1, 0.15) is 28.8 Å². The largest absolute Gasteiger partial charge is 0.508 e. The summed E-state index contributed by atoms with van der Waals surface area (Å²) in [5.74, 6) is 0.179. The molecule has 0 amide bonds. The molecule has 0 saturated heterocycles. The Kier molecular flexibility index (Phi) is 8.67. The molecule has 0 atom stereocenters. The number of aromatic hydroxyl groups is 3. The molecule has 6 aromatic carbocycles. The maximum atomic E-state index is 17.5. The van der Waals surface area contributed by atoms with Gasteiger partial charge in [0.2, 0.25) is 0 Å². The van der Waals surface area contributed by atoms with Gasteiger partial charge in [-0.1, -0.05) is 78.3 Å². The van der Waals surface area contributed by atoms with Crippen LogP contribution in [0.5, 0.6) is 23.0 Å². The lowest BCUT2D eigenvalue weighted by atomic mass is 9.83. The Bertz CT molecular complexity index is 2240. The van der Waals surface area contributed by atoms with Crippen LogP contribution in [0.1, 0.15) is 27.8 Å². The molecular weight excluding hydrogens is 623 g/mol. The molecule has 0 aliphatic rings. The summed E-state index contributed by atoms with van der Waals surface area (Å²) in [6, 6.07) is 27.3. The number of hydrogen-bond donors (Lipinski definition) is 3. The van der Waals surface area contributed by atoms with E-state index in [1.54, 1.807) is 44.4 Å². The topological polar surface area (TPSA) is 69.9 Å². The van der Waals surface area contributed by atoms with Gasteiger partial charge in [-0.15, -0.1) is 0 Å². The first-order valence-corrected chi connectivity index (χ1v) is 16.0. The van der Waals surface area contributed by atoms with Crippen LogP contribution >= 0.6 is 11.6 Å². The van der Waals surface area contributed by atoms with Crippen molar-refractivity contribution >= 4 is 11.6 Å². The lowest BCUT2D eigenvalue weighted by Crippen LogP contribution is -2.01. The van der Waals surface area contributed by atoms with Crippen molar-refractivity contribution in [1.29, 1.82) is 0 Å². The van der Waals surface area contributed by atoms with Crippen LogP contribution < -0.4 is 4.74 Å². The van der Waals surface area contributed by atoms with E-state index < -0.39 is 5.82 Å². The van der Waals surface area contributed by atoms with E-state index in [2.05, 4.69) is 0 Å². The van der Waals surface area contributed by atoms with Gasteiger partial charge in [0.05, 0.1) is 12.1 Å². The highest BCUT2D eigenvalue weighted by atomic mass is 35.5. The Morgan fingerprint density at radius 2 is 1.17 bits per heavy atom. The highest BCUT2D eigenvalue weighted by Crippen LogP contribution is 2.50. The summed E-state index contributed by atoms with van der Waals surface area (Å²) >= 11 is 6.74. The molecule has 0 unspecified atom stereocenters. The highest BCUT2D eigenvalue weighted by Gasteiger charge is 2.27. The summed E-state index contributed by atoms with van der Waals surface area (Å²) in [5.41, 5.74) is 9.46. The maximum absolute atomic E-state index is 17.5. The third kappa shape index (κ3) is 5.44. The molecule has 0 spiro atoms. The minimum atomic E-state index is -0.454. The molecule has 0 bridgehead atoms. The summed E-state index contributed by atoms with van der Waals surface area (Å²) in [4.78, 5) is 0. The average molecular weight is 659 g/mol. The number of aryl methyl sites for hydroxylation is 4. The number of halogens is 2. The molecule has 242 valence electrons. The molecule has 0 heterocycles. The molecule has 0 radical (unpaired) electrons. The van der Waals surface area contributed by atoms with E-state index in [4.69, 9.17) is 16.3 Å². The fourth-order valence-electron chi connectivity index (χ4n) is 6.59. The zero-order valence-corrected chi connectivity index (χ0v) is 28.4. The molecule has 0 fully saturated rings. The number of phenols is 3. The number of ether oxygens (including phenoxy) is 1. The van der Waals surface area contributed by atoms with Crippen molar-refractivity contribution in [1.82, 2.24) is 0 Å². The lowest BCUT2D eigenvalue weighted by molar-refractivity contribution is 0.416. The minimum Gasteiger partial charge on any atom is -0.508 e. The molecule has 0 saturated carbocycles. The smallest absolute Gasteiger partial charge is 0.139 e. The zero-order chi connectivity index (χ0) is 34.4. The Labute approximate surface area is 285 Å². The molecule has 0 aliphatic heterocycles. The monoisotopic (exact) mass is 658 g/mol. The summed E-state index contributed by atoms with van der Waals surface area (Å²) < 4.78 is 23.4. The van der Waals surface area contributed by atoms with Crippen LogP contribution in [0.25, 0.3) is 55.6 Å². The third-order valence-corrected chi connectivity index (χ3v) is 9.59. The fourth-order valence-corrected chi connectivity index (χ4v) is 6.90. The van der Waals surface area contributed by atoms with Gasteiger partial charge >= 0.3 is 0 Å². The van der Waals surface area contributed by atoms with Crippen LogP contribution in [0, 0.1) is 40.4 Å². The Hall–Kier alpha value is -5.26. The van der Waals surface area contributed by atoms with Gasteiger partial charge in [0.15, 0.2) is 0 Å². The first-order chi connectivity index (χ1) is 22.9. The van der Waals surface area contributed by atoms with Gasteiger partial charge in [0.25, 0.3) is 0 Å². The number of benzene rings is 6. The Balaban J connectivity index is 1.66. The minimum absolute atomic E-state index is 0.0384. The van der Waals surface area contributed by atoms with Crippen molar-refractivity contribution in [2.45, 2.75) is 34.6 Å². The molecule has 3 N–H and O–H groups in total. The first-order valence-electron chi connectivity index (χ1n) is 15.6. The second-order valence-electron chi connectivity index (χ2n) is 12.2. The molecular formula is C42H36ClFO4. The number of hydrogen-bond acceptors (Lipinski definition) is 4. The lowest BCUT2D eigenvalue weighted by Gasteiger charge is -2.23. The second kappa shape index (κ2) is 12.7. The van der Waals surface area contributed by atoms with Crippen LogP contribution in [0.3, 0.4) is 0 Å². The Morgan fingerprint density at radius 1 is 0.521 bits per heavy atom. The van der Waals surface area contributed by atoms with E-state index >= 15 is 4.39 Å². The predicted octanol–water partition coefficient (Wildman–Crippen LogP) is 11.5. The molecule has 6 aromatic rings. The van der Waals surface area contributed by atoms with Crippen LogP contribution in [0.15, 0.2) is 91.0 Å². The van der Waals surface area contributed by atoms with Gasteiger partial charge in [-0.05, 0) is 115 Å². The van der Waals surface area contributed by atoms with E-state index in [0.29, 0.717) is 72.5 Å². The van der Waals surface area contributed by atoms with Crippen molar-refractivity contribution in [2.75, 3.05) is 7.11 Å². The van der Waals surface area contributed by atoms with Gasteiger partial charge in [-0.3, -0.25) is 0 Å². The van der Waals surface area contributed by atoms with E-state index in [1.807, 2.05) is 88.4 Å². The standard InChI is InChI=1S/C42H36ClFO4/c1-22-10-7-8-11-28(22)38-36(32-17-15-24(3)41(46)39(32)43)25(4)20-34(40(38)44)30-12-9-13-35(48-6)37(30)29-18-19-31(42(47)26(29)5)33-21-27(45)16-14-23(33)2/h7-21,45-47H,1-6H3. The summed E-state index contributed by atoms with van der Waals surface area (Å²) in [6.07, 6.45) is 0. The number of rotatable bonds is 6. The second-order valence-corrected chi connectivity index (χ2v) is 12.6. The van der Waals surface area contributed by atoms with Crippen LogP contribution in [0.4, 0.5) is 4.39 Å². The van der Waals surface area contributed by atoms with Crippen LogP contribution in [-0.4, -0.2) is 22.4 Å². The fraction of sp³-hybridized carbons (Fsp3) is 0.143. The van der Waals surface area contributed by atoms with Crippen molar-refractivity contribution in [2.24, 2.45) is 0 Å². The van der Waals surface area contributed by atoms with Gasteiger partial charge in [-0.25, -0.2) is 4.39 Å². The van der Waals surface area contributed by atoms with Crippen molar-refractivity contribution in [3.63, 3.8) is 0 Å². The van der Waals surface area contributed by atoms with E-state index in [1.165, 1.54) is 0 Å². The first kappa shape index (κ1) is 32.7. The summed E-state index contributed by atoms with van der Waals surface area (Å²) in [6.45, 7) is 9.36. The zero-order valence-electron chi connectivity index (χ0n) is 27.7. The predicted molar refractivity (Wildman–Crippen MR) is 194 cm³/mol. The van der Waals surface area contributed by atoms with Gasteiger partial charge in [-0.2, -0.15) is 0 Å². The molecule has 48 heavy (non-hydrogen) atoms. The normalized spacial score (nSPS) is 11.2. The molecule has 6 rings (SSSR count). The van der Waals surface area contributed by atoms with E-state index in [0.717, 1.165) is 16.7 Å². The van der Waals surface area contributed by atoms with Gasteiger partial charge < -0.3 is 20.1 Å². The van der Waals surface area contributed by atoms with Crippen LogP contribution in [-0.2, 0) is 0 Å². The molecule has 0 aliphatic carbocycles. The average Bonchev–Trinajstić information content (AvgIpc) is 3.07. The number of phenolic OH excluding ortho intramolecular Hbond substituents is 3. The molecule has 6 heteroatoms. The van der Waals surface area contributed by atoms with Crippen molar-refractivity contribution in [3.8, 4) is 78.6 Å². The molecule has 0 aromatic heterocycles. The SMILES string of the molecule is COc1cccc(-c2cc(C)c(-c3ccc(C)c(O)c3Cl)c(-c3ccccc3C)c2F)c1-c1ccc(-c2cc(O)ccc2C)c(O)c1C. The summed E-state index contributed by atoms with van der Waals surface area (Å²) in [7, 11) is 1.57. The van der Waals surface area contributed by atoms with Crippen LogP contribution in [0.2, 0.25) is 5.02 Å². The number of methoxy groups -OCH3 is 1. The van der Waals surface area contributed by atoms with Crippen molar-refractivity contribution < 1.29 is 24.4 Å². The van der Waals surface area contributed by atoms with Crippen molar-refractivity contribution in [3.05, 3.63) is 130 Å². The van der Waals surface area contributed by atoms with E-state index in [-0.39, 0.29) is 22.3 Å². The Morgan fingerprint density at radius 3 is 1.90 bits per heavy atom. The quantitative estimate of drug-likeness (QED) is 0.166.